The number of carboxylic acid groups (broad SMARTS) is 1. The zero-order valence-corrected chi connectivity index (χ0v) is 9.43. The van der Waals surface area contributed by atoms with Gasteiger partial charge in [0.25, 0.3) is 0 Å². The number of carbonyl (C=O) groups is 1. The molecule has 4 nitrogen and oxygen atoms in total. The maximum Gasteiger partial charge on any atom is 0.335 e. The minimum absolute atomic E-state index is 0.252. The van der Waals surface area contributed by atoms with Crippen molar-refractivity contribution in [1.82, 2.24) is 4.98 Å². The van der Waals surface area contributed by atoms with Crippen molar-refractivity contribution in [3.63, 3.8) is 0 Å². The third kappa shape index (κ3) is 3.04. The van der Waals surface area contributed by atoms with Crippen LogP contribution in [-0.2, 0) is 6.54 Å². The van der Waals surface area contributed by atoms with Gasteiger partial charge >= 0.3 is 5.97 Å². The maximum atomic E-state index is 12.6. The van der Waals surface area contributed by atoms with E-state index in [1.54, 1.807) is 30.3 Å². The van der Waals surface area contributed by atoms with E-state index in [0.29, 0.717) is 12.2 Å². The molecule has 92 valence electrons. The number of benzene rings is 1. The van der Waals surface area contributed by atoms with E-state index in [1.807, 2.05) is 0 Å². The first-order valence-electron chi connectivity index (χ1n) is 5.33. The van der Waals surface area contributed by atoms with Crippen LogP contribution in [0.15, 0.2) is 42.6 Å². The number of hydrogen-bond acceptors (Lipinski definition) is 3. The predicted molar refractivity (Wildman–Crippen MR) is 64.9 cm³/mol. The van der Waals surface area contributed by atoms with Crippen LogP contribution in [0.4, 0.5) is 10.1 Å². The van der Waals surface area contributed by atoms with Crippen LogP contribution in [0.3, 0.4) is 0 Å². The quantitative estimate of drug-likeness (QED) is 0.814. The Hall–Kier alpha value is -2.43. The van der Waals surface area contributed by atoms with Gasteiger partial charge in [0.2, 0.25) is 5.95 Å². The minimum Gasteiger partial charge on any atom is -0.478 e. The van der Waals surface area contributed by atoms with Crippen molar-refractivity contribution in [2.75, 3.05) is 5.32 Å². The Bertz CT molecular complexity index is 538. The number of aromatic nitrogens is 1. The monoisotopic (exact) mass is 246 g/mol. The average molecular weight is 246 g/mol. The number of halogens is 1. The normalized spacial score (nSPS) is 10.1. The number of anilines is 1. The summed E-state index contributed by atoms with van der Waals surface area (Å²) in [6, 6.07) is 9.41. The van der Waals surface area contributed by atoms with Crippen molar-refractivity contribution >= 4 is 11.7 Å². The lowest BCUT2D eigenvalue weighted by Crippen LogP contribution is -2.01. The summed E-state index contributed by atoms with van der Waals surface area (Å²) >= 11 is 0. The second-order valence-corrected chi connectivity index (χ2v) is 3.73. The third-order valence-electron chi connectivity index (χ3n) is 2.42. The van der Waals surface area contributed by atoms with E-state index >= 15 is 0 Å². The van der Waals surface area contributed by atoms with Crippen LogP contribution in [0.25, 0.3) is 0 Å². The summed E-state index contributed by atoms with van der Waals surface area (Å²) in [7, 11) is 0. The standard InChI is InChI=1S/C13H11FN2O2/c14-12-6-5-11(8-16-12)15-7-9-1-3-10(4-2-9)13(17)18/h1-6,8,15H,7H2,(H,17,18). The van der Waals surface area contributed by atoms with Gasteiger partial charge in [-0.3, -0.25) is 0 Å². The van der Waals surface area contributed by atoms with Crippen LogP contribution in [-0.4, -0.2) is 16.1 Å². The predicted octanol–water partition coefficient (Wildman–Crippen LogP) is 2.53. The molecule has 18 heavy (non-hydrogen) atoms. The lowest BCUT2D eigenvalue weighted by Gasteiger charge is -2.06. The molecule has 0 aliphatic rings. The van der Waals surface area contributed by atoms with Crippen molar-refractivity contribution < 1.29 is 14.3 Å². The van der Waals surface area contributed by atoms with E-state index in [0.717, 1.165) is 5.56 Å². The molecule has 0 aliphatic carbocycles. The summed E-state index contributed by atoms with van der Waals surface area (Å²) in [5, 5.41) is 11.8. The van der Waals surface area contributed by atoms with Gasteiger partial charge in [-0.2, -0.15) is 4.39 Å². The molecule has 2 aromatic rings. The largest absolute Gasteiger partial charge is 0.478 e. The molecule has 0 amide bonds. The van der Waals surface area contributed by atoms with Crippen LogP contribution in [0.5, 0.6) is 0 Å². The number of nitrogens with zero attached hydrogens (tertiary/aromatic N) is 1. The Morgan fingerprint density at radius 1 is 1.22 bits per heavy atom. The van der Waals surface area contributed by atoms with Crippen LogP contribution in [0, 0.1) is 5.95 Å². The summed E-state index contributed by atoms with van der Waals surface area (Å²) in [5.74, 6) is -1.47. The Morgan fingerprint density at radius 2 is 1.94 bits per heavy atom. The van der Waals surface area contributed by atoms with Crippen LogP contribution in [0.1, 0.15) is 15.9 Å². The molecular weight excluding hydrogens is 235 g/mol. The van der Waals surface area contributed by atoms with Crippen LogP contribution < -0.4 is 5.32 Å². The van der Waals surface area contributed by atoms with E-state index in [-0.39, 0.29) is 5.56 Å². The first-order valence-corrected chi connectivity index (χ1v) is 5.33. The minimum atomic E-state index is -0.947. The molecule has 1 aromatic heterocycles. The van der Waals surface area contributed by atoms with E-state index in [2.05, 4.69) is 10.3 Å². The Balaban J connectivity index is 1.97. The maximum absolute atomic E-state index is 12.6. The molecule has 5 heteroatoms. The molecule has 0 atom stereocenters. The van der Waals surface area contributed by atoms with Crippen molar-refractivity contribution in [1.29, 1.82) is 0 Å². The van der Waals surface area contributed by atoms with E-state index in [4.69, 9.17) is 5.11 Å². The molecule has 0 spiro atoms. The van der Waals surface area contributed by atoms with E-state index < -0.39 is 11.9 Å². The van der Waals surface area contributed by atoms with Gasteiger partial charge in [-0.25, -0.2) is 9.78 Å². The molecule has 2 rings (SSSR count). The summed E-state index contributed by atoms with van der Waals surface area (Å²) in [6.07, 6.45) is 1.40. The van der Waals surface area contributed by atoms with Gasteiger partial charge < -0.3 is 10.4 Å². The number of rotatable bonds is 4. The molecule has 0 bridgehead atoms. The number of aromatic carboxylic acids is 1. The zero-order valence-electron chi connectivity index (χ0n) is 9.43. The van der Waals surface area contributed by atoms with E-state index in [1.165, 1.54) is 12.3 Å². The molecule has 0 fully saturated rings. The number of hydrogen-bond donors (Lipinski definition) is 2. The fourth-order valence-electron chi connectivity index (χ4n) is 1.45. The van der Waals surface area contributed by atoms with Gasteiger partial charge in [-0.05, 0) is 29.8 Å². The first kappa shape index (κ1) is 12.0. The number of carboxylic acids is 1. The third-order valence-corrected chi connectivity index (χ3v) is 2.42. The van der Waals surface area contributed by atoms with Gasteiger partial charge in [-0.1, -0.05) is 12.1 Å². The summed E-state index contributed by atoms with van der Waals surface area (Å²) in [6.45, 7) is 0.521. The molecular formula is C13H11FN2O2. The molecule has 0 aliphatic heterocycles. The van der Waals surface area contributed by atoms with Gasteiger partial charge in [0.15, 0.2) is 0 Å². The Kier molecular flexibility index (Phi) is 3.52. The second kappa shape index (κ2) is 5.27. The van der Waals surface area contributed by atoms with Gasteiger partial charge in [0.05, 0.1) is 17.4 Å². The highest BCUT2D eigenvalue weighted by Gasteiger charge is 2.01. The second-order valence-electron chi connectivity index (χ2n) is 3.73. The highest BCUT2D eigenvalue weighted by atomic mass is 19.1. The molecule has 0 saturated carbocycles. The molecule has 0 radical (unpaired) electrons. The summed E-state index contributed by atoms with van der Waals surface area (Å²) in [4.78, 5) is 14.2. The smallest absolute Gasteiger partial charge is 0.335 e. The summed E-state index contributed by atoms with van der Waals surface area (Å²) in [5.41, 5.74) is 1.89. The summed E-state index contributed by atoms with van der Waals surface area (Å²) < 4.78 is 12.6. The van der Waals surface area contributed by atoms with Gasteiger partial charge in [-0.15, -0.1) is 0 Å². The van der Waals surface area contributed by atoms with Crippen LogP contribution >= 0.6 is 0 Å². The fraction of sp³-hybridized carbons (Fsp3) is 0.0769. The van der Waals surface area contributed by atoms with E-state index in [9.17, 15) is 9.18 Å². The van der Waals surface area contributed by atoms with Crippen molar-refractivity contribution in [3.05, 3.63) is 59.7 Å². The van der Waals surface area contributed by atoms with Crippen molar-refractivity contribution in [3.8, 4) is 0 Å². The zero-order chi connectivity index (χ0) is 13.0. The fourth-order valence-corrected chi connectivity index (χ4v) is 1.45. The lowest BCUT2D eigenvalue weighted by atomic mass is 10.1. The highest BCUT2D eigenvalue weighted by Crippen LogP contribution is 2.09. The van der Waals surface area contributed by atoms with Gasteiger partial charge in [0.1, 0.15) is 0 Å². The van der Waals surface area contributed by atoms with Crippen molar-refractivity contribution in [2.24, 2.45) is 0 Å². The molecule has 1 heterocycles. The SMILES string of the molecule is O=C(O)c1ccc(CNc2ccc(F)nc2)cc1. The number of pyridine rings is 1. The lowest BCUT2D eigenvalue weighted by molar-refractivity contribution is 0.0697. The van der Waals surface area contributed by atoms with Crippen molar-refractivity contribution in [2.45, 2.75) is 6.54 Å². The molecule has 0 unspecified atom stereocenters. The average Bonchev–Trinajstić information content (AvgIpc) is 2.38. The van der Waals surface area contributed by atoms with Gasteiger partial charge in [0, 0.05) is 6.54 Å². The topological polar surface area (TPSA) is 62.2 Å². The van der Waals surface area contributed by atoms with Crippen LogP contribution in [0.2, 0.25) is 0 Å². The Morgan fingerprint density at radius 3 is 2.50 bits per heavy atom. The Labute approximate surface area is 103 Å². The number of nitrogens with one attached hydrogen (secondary N) is 1. The molecule has 0 saturated heterocycles. The first-order chi connectivity index (χ1) is 8.65. The molecule has 2 N–H and O–H groups in total. The highest BCUT2D eigenvalue weighted by molar-refractivity contribution is 5.87. The molecule has 1 aromatic carbocycles.